The first-order valence-corrected chi connectivity index (χ1v) is 43.9. The molecule has 8 saturated carbocycles. The van der Waals surface area contributed by atoms with E-state index in [9.17, 15) is 24.0 Å². The Morgan fingerprint density at radius 1 is 0.600 bits per heavy atom. The van der Waals surface area contributed by atoms with Gasteiger partial charge < -0.3 is 14.2 Å². The molecule has 10 aliphatic rings. The van der Waals surface area contributed by atoms with Gasteiger partial charge in [0.05, 0.1) is 23.7 Å². The number of hydrogen-bond donors (Lipinski definition) is 0. The standard InChI is InChI=1S/C21H32O2.C15H22O5.C14H38Si4.C6H8O3/c1-11-12(2)18-9-15(11)10-19(18)20(22)23-21(3)16-5-13-4-14(7-16)8-17(21)6-13;1-7-8(2)10-5-9(7)6-11(10)13(16)18-12-14(17)19-20-15(12,3)4;1-12-14(2)13-18(15(3,4)5,16(6,7)8)17(9,10)11;1-3-4(2)6(8)9-5(3)7/h11-19H,4-10H2,1-3H3;7-12H,5-6H2,1-4H3;14H,12-13H2,1-11H3;3-4H,1-2H3. The maximum absolute atomic E-state index is 13.1. The molecule has 0 aromatic carbocycles. The second-order valence-electron chi connectivity index (χ2n) is 28.9. The summed E-state index contributed by atoms with van der Waals surface area (Å²) in [6, 6.07) is 1.64. The van der Waals surface area contributed by atoms with Crippen molar-refractivity contribution in [3.8, 4) is 0 Å². The van der Waals surface area contributed by atoms with E-state index in [1.54, 1.807) is 33.7 Å². The van der Waals surface area contributed by atoms with Crippen molar-refractivity contribution in [3.63, 3.8) is 0 Å². The maximum atomic E-state index is 13.1. The average Bonchev–Trinajstić information content (AvgIpc) is 4.09. The summed E-state index contributed by atoms with van der Waals surface area (Å²) in [4.78, 5) is 67.6. The predicted molar refractivity (Wildman–Crippen MR) is 288 cm³/mol. The number of cyclic esters (lactones) is 2. The third kappa shape index (κ3) is 10.9. The van der Waals surface area contributed by atoms with Crippen LogP contribution in [0.5, 0.6) is 0 Å². The molecule has 70 heavy (non-hydrogen) atoms. The zero-order chi connectivity index (χ0) is 52.6. The van der Waals surface area contributed by atoms with Gasteiger partial charge in [-0.1, -0.05) is 127 Å². The van der Waals surface area contributed by atoms with E-state index in [2.05, 4.69) is 117 Å². The maximum Gasteiger partial charge on any atom is 0.385 e. The number of esters is 4. The van der Waals surface area contributed by atoms with E-state index >= 15 is 0 Å². The lowest BCUT2D eigenvalue weighted by molar-refractivity contribution is -0.288. The van der Waals surface area contributed by atoms with Crippen molar-refractivity contribution in [2.45, 2.75) is 223 Å². The fourth-order valence-electron chi connectivity index (χ4n) is 17.6. The van der Waals surface area contributed by atoms with E-state index in [1.807, 2.05) is 0 Å². The van der Waals surface area contributed by atoms with Crippen LogP contribution in [0.1, 0.15) is 140 Å². The van der Waals surface area contributed by atoms with Gasteiger partial charge in [0.2, 0.25) is 6.10 Å². The quantitative estimate of drug-likeness (QED) is 0.0685. The smallest absolute Gasteiger partial charge is 0.385 e. The summed E-state index contributed by atoms with van der Waals surface area (Å²) in [7, 11) is -3.07. The minimum atomic E-state index is -1.07. The van der Waals surface area contributed by atoms with E-state index in [-0.39, 0.29) is 41.2 Å². The summed E-state index contributed by atoms with van der Waals surface area (Å²) >= 11 is 0. The Balaban J connectivity index is 0.000000160. The van der Waals surface area contributed by atoms with Crippen LogP contribution in [-0.2, 0) is 48.0 Å². The van der Waals surface area contributed by atoms with Crippen molar-refractivity contribution >= 4 is 59.2 Å². The molecule has 10 fully saturated rings. The molecule has 14 heteroatoms. The molecular weight excluding hydrogens is 945 g/mol. The van der Waals surface area contributed by atoms with Crippen LogP contribution in [0.15, 0.2) is 0 Å². The first kappa shape index (κ1) is 57.7. The van der Waals surface area contributed by atoms with Crippen LogP contribution in [0.4, 0.5) is 0 Å². The molecule has 8 aliphatic carbocycles. The minimum absolute atomic E-state index is 0.0737. The van der Waals surface area contributed by atoms with E-state index in [0.717, 1.165) is 48.9 Å². The van der Waals surface area contributed by atoms with Gasteiger partial charge in [-0.15, -0.1) is 0 Å². The number of ether oxygens (including phenoxy) is 3. The Labute approximate surface area is 428 Å². The van der Waals surface area contributed by atoms with E-state index in [4.69, 9.17) is 14.4 Å². The number of hydrogen-bond acceptors (Lipinski definition) is 10. The Kier molecular flexibility index (Phi) is 17.2. The first-order valence-electron chi connectivity index (χ1n) is 28.2. The van der Waals surface area contributed by atoms with Crippen LogP contribution < -0.4 is 0 Å². The second kappa shape index (κ2) is 20.8. The third-order valence-corrected chi connectivity index (χ3v) is 96.2. The monoisotopic (exact) mass is 1040 g/mol. The summed E-state index contributed by atoms with van der Waals surface area (Å²) < 4.78 is 16.1. The molecule has 2 heterocycles. The highest BCUT2D eigenvalue weighted by atomic mass is 29.9. The van der Waals surface area contributed by atoms with Crippen LogP contribution in [0.2, 0.25) is 65.0 Å². The Morgan fingerprint density at radius 2 is 1.01 bits per heavy atom. The summed E-state index contributed by atoms with van der Waals surface area (Å²) in [5, 5.41) is 0. The Bertz CT molecular complexity index is 1850. The van der Waals surface area contributed by atoms with Gasteiger partial charge in [-0.05, 0) is 155 Å². The lowest BCUT2D eigenvalue weighted by Gasteiger charge is -2.59. The molecule has 10 rings (SSSR count). The van der Waals surface area contributed by atoms with Gasteiger partial charge >= 0.3 is 29.8 Å². The molecule has 0 radical (unpaired) electrons. The van der Waals surface area contributed by atoms with Crippen molar-refractivity contribution in [3.05, 3.63) is 0 Å². The summed E-state index contributed by atoms with van der Waals surface area (Å²) in [6.45, 7) is 46.5. The molecule has 0 N–H and O–H groups in total. The summed E-state index contributed by atoms with van der Waals surface area (Å²) in [5.74, 6) is 7.39. The first-order chi connectivity index (χ1) is 32.1. The highest BCUT2D eigenvalue weighted by Crippen LogP contribution is 2.61. The molecule has 2 aliphatic heterocycles. The van der Waals surface area contributed by atoms with Crippen molar-refractivity contribution in [1.82, 2.24) is 0 Å². The van der Waals surface area contributed by atoms with Gasteiger partial charge in [-0.2, -0.15) is 4.89 Å². The van der Waals surface area contributed by atoms with Crippen molar-refractivity contribution < 1.29 is 48.0 Å². The molecule has 14 atom stereocenters. The minimum Gasteiger partial charge on any atom is -0.459 e. The van der Waals surface area contributed by atoms with Gasteiger partial charge in [-0.25, -0.2) is 4.79 Å². The topological polar surface area (TPSA) is 132 Å². The molecule has 0 aromatic heterocycles. The van der Waals surface area contributed by atoms with Gasteiger partial charge in [0.1, 0.15) is 5.60 Å². The van der Waals surface area contributed by atoms with Crippen molar-refractivity contribution in [2.24, 2.45) is 101 Å². The average molecular weight is 1050 g/mol. The van der Waals surface area contributed by atoms with E-state index < -0.39 is 59.0 Å². The highest BCUT2D eigenvalue weighted by Gasteiger charge is 2.62. The van der Waals surface area contributed by atoms with Gasteiger partial charge in [0, 0.05) is 29.4 Å². The SMILES string of the molecule is CC1C(=O)OC(=O)C1C.CC1C2CC(C(=O)OC3(C)C4CC5CC(C4)CC3C5)C(C2)C1C.CC1C2CC(C(=O)OC3C(=O)OOC3(C)C)C(C2)C1C.CCC(C)C[Si]([Si](C)(C)C)([Si](C)(C)C)[Si](C)(C)C. The van der Waals surface area contributed by atoms with Gasteiger partial charge in [0.25, 0.3) is 0 Å². The fraction of sp³-hybridized carbons (Fsp3) is 0.911. The number of carbonyl (C=O) groups excluding carboxylic acids is 5. The van der Waals surface area contributed by atoms with Gasteiger partial charge in [-0.3, -0.25) is 24.1 Å². The lowest BCUT2D eigenvalue weighted by atomic mass is 9.50. The number of fused-ring (bicyclic) bond motifs is 4. The van der Waals surface area contributed by atoms with E-state index in [1.165, 1.54) is 44.9 Å². The molecule has 14 unspecified atom stereocenters. The Morgan fingerprint density at radius 3 is 1.33 bits per heavy atom. The van der Waals surface area contributed by atoms with Crippen molar-refractivity contribution in [1.29, 1.82) is 0 Å². The zero-order valence-electron chi connectivity index (χ0n) is 47.8. The van der Waals surface area contributed by atoms with Crippen LogP contribution in [0.3, 0.4) is 0 Å². The van der Waals surface area contributed by atoms with Crippen LogP contribution >= 0.6 is 0 Å². The molecule has 400 valence electrons. The fourth-order valence-corrected chi connectivity index (χ4v) is 117. The lowest BCUT2D eigenvalue weighted by Crippen LogP contribution is -2.82. The highest BCUT2D eigenvalue weighted by molar-refractivity contribution is 7.89. The molecular formula is C56H100O10Si4. The van der Waals surface area contributed by atoms with Crippen LogP contribution in [-0.4, -0.2) is 76.6 Å². The zero-order valence-corrected chi connectivity index (χ0v) is 51.8. The normalized spacial score (nSPS) is 41.4. The summed E-state index contributed by atoms with van der Waals surface area (Å²) in [6.07, 6.45) is 11.5. The molecule has 8 bridgehead atoms. The molecule has 2 saturated heterocycles. The molecule has 10 nitrogen and oxygen atoms in total. The second-order valence-corrected chi connectivity index (χ2v) is 70.3. The largest absolute Gasteiger partial charge is 0.459 e. The predicted octanol–water partition coefficient (Wildman–Crippen LogP) is 12.8. The molecule has 0 amide bonds. The number of carbonyl (C=O) groups is 5. The number of rotatable bonds is 10. The van der Waals surface area contributed by atoms with Crippen molar-refractivity contribution in [2.75, 3.05) is 0 Å². The summed E-state index contributed by atoms with van der Waals surface area (Å²) in [5.41, 5.74) is -1.05. The van der Waals surface area contributed by atoms with Gasteiger partial charge in [0.15, 0.2) is 5.60 Å². The molecule has 0 aromatic rings. The third-order valence-electron chi connectivity index (χ3n) is 21.8. The van der Waals surface area contributed by atoms with E-state index in [0.29, 0.717) is 47.3 Å². The van der Waals surface area contributed by atoms with Crippen LogP contribution in [0, 0.1) is 101 Å². The van der Waals surface area contributed by atoms with Crippen LogP contribution in [0.25, 0.3) is 0 Å². The molecule has 0 spiro atoms. The Hall–Kier alpha value is -1.62.